The van der Waals surface area contributed by atoms with Gasteiger partial charge in [0.05, 0.1) is 13.3 Å². The van der Waals surface area contributed by atoms with Crippen LogP contribution in [0, 0.1) is 5.92 Å². The molecule has 0 aliphatic heterocycles. The van der Waals surface area contributed by atoms with E-state index in [-0.39, 0.29) is 11.9 Å². The van der Waals surface area contributed by atoms with Gasteiger partial charge in [-0.05, 0) is 49.9 Å². The highest BCUT2D eigenvalue weighted by Gasteiger charge is 2.36. The second kappa shape index (κ2) is 7.53. The predicted molar refractivity (Wildman–Crippen MR) is 110 cm³/mol. The lowest BCUT2D eigenvalue weighted by molar-refractivity contribution is 0.0979. The van der Waals surface area contributed by atoms with Gasteiger partial charge in [-0.2, -0.15) is 0 Å². The fraction of sp³-hybridized carbons (Fsp3) is 0.273. The third kappa shape index (κ3) is 3.74. The number of hydrogen-bond acceptors (Lipinski definition) is 4. The van der Waals surface area contributed by atoms with Crippen LogP contribution in [0.5, 0.6) is 5.75 Å². The van der Waals surface area contributed by atoms with Crippen molar-refractivity contribution < 1.29 is 9.53 Å². The average Bonchev–Trinajstić information content (AvgIpc) is 3.45. The van der Waals surface area contributed by atoms with Crippen LogP contribution in [-0.2, 0) is 0 Å². The molecule has 0 bridgehead atoms. The van der Waals surface area contributed by atoms with Gasteiger partial charge < -0.3 is 9.64 Å². The van der Waals surface area contributed by atoms with Gasteiger partial charge in [0, 0.05) is 17.3 Å². The molecule has 0 radical (unpaired) electrons. The van der Waals surface area contributed by atoms with E-state index in [1.54, 1.807) is 13.3 Å². The van der Waals surface area contributed by atoms with Gasteiger partial charge in [0.2, 0.25) is 0 Å². The van der Waals surface area contributed by atoms with Crippen molar-refractivity contribution in [2.24, 2.45) is 5.92 Å². The minimum Gasteiger partial charge on any atom is -0.497 e. The SMILES string of the molecule is COc1ccc(N(C(=O)c2cnc(-c3ccccc3)s2)C(C)C2CC2)cc1. The maximum atomic E-state index is 13.4. The first-order valence-corrected chi connectivity index (χ1v) is 9.98. The molecule has 1 fully saturated rings. The molecule has 0 spiro atoms. The van der Waals surface area contributed by atoms with E-state index in [2.05, 4.69) is 11.9 Å². The zero-order valence-corrected chi connectivity index (χ0v) is 16.3. The molecule has 1 aliphatic rings. The van der Waals surface area contributed by atoms with Crippen LogP contribution in [0.3, 0.4) is 0 Å². The van der Waals surface area contributed by atoms with E-state index in [9.17, 15) is 4.79 Å². The van der Waals surface area contributed by atoms with Crippen molar-refractivity contribution >= 4 is 22.9 Å². The lowest BCUT2D eigenvalue weighted by atomic mass is 10.1. The molecule has 3 aromatic rings. The molecule has 1 amide bonds. The van der Waals surface area contributed by atoms with E-state index in [0.717, 1.165) is 22.0 Å². The third-order valence-electron chi connectivity index (χ3n) is 5.02. The van der Waals surface area contributed by atoms with E-state index in [1.807, 2.05) is 59.5 Å². The summed E-state index contributed by atoms with van der Waals surface area (Å²) in [4.78, 5) is 20.4. The maximum Gasteiger partial charge on any atom is 0.270 e. The molecule has 0 saturated heterocycles. The van der Waals surface area contributed by atoms with Crippen molar-refractivity contribution in [3.63, 3.8) is 0 Å². The summed E-state index contributed by atoms with van der Waals surface area (Å²) in [7, 11) is 1.65. The highest BCUT2D eigenvalue weighted by Crippen LogP contribution is 2.38. The van der Waals surface area contributed by atoms with Crippen LogP contribution in [0.1, 0.15) is 29.4 Å². The highest BCUT2D eigenvalue weighted by molar-refractivity contribution is 7.17. The quantitative estimate of drug-likeness (QED) is 0.587. The summed E-state index contributed by atoms with van der Waals surface area (Å²) >= 11 is 1.45. The number of carbonyl (C=O) groups is 1. The Morgan fingerprint density at radius 1 is 1.15 bits per heavy atom. The second-order valence-corrected chi connectivity index (χ2v) is 7.88. The van der Waals surface area contributed by atoms with Crippen molar-refractivity contribution in [2.45, 2.75) is 25.8 Å². The molecule has 1 saturated carbocycles. The Hall–Kier alpha value is -2.66. The van der Waals surface area contributed by atoms with Gasteiger partial charge in [-0.15, -0.1) is 11.3 Å². The number of carbonyl (C=O) groups excluding carboxylic acids is 1. The van der Waals surface area contributed by atoms with E-state index in [4.69, 9.17) is 4.74 Å². The van der Waals surface area contributed by atoms with Crippen molar-refractivity contribution in [1.82, 2.24) is 4.98 Å². The molecule has 4 nitrogen and oxygen atoms in total. The first kappa shape index (κ1) is 17.7. The molecule has 138 valence electrons. The van der Waals surface area contributed by atoms with Gasteiger partial charge in [-0.1, -0.05) is 30.3 Å². The van der Waals surface area contributed by atoms with Crippen molar-refractivity contribution in [2.75, 3.05) is 12.0 Å². The van der Waals surface area contributed by atoms with Gasteiger partial charge in [-0.3, -0.25) is 4.79 Å². The normalized spacial score (nSPS) is 14.6. The third-order valence-corrected chi connectivity index (χ3v) is 6.05. The number of benzene rings is 2. The smallest absolute Gasteiger partial charge is 0.270 e. The zero-order valence-electron chi connectivity index (χ0n) is 15.5. The second-order valence-electron chi connectivity index (χ2n) is 6.85. The first-order valence-electron chi connectivity index (χ1n) is 9.16. The minimum atomic E-state index is 0.0132. The molecular formula is C22H22N2O2S. The summed E-state index contributed by atoms with van der Waals surface area (Å²) in [6.45, 7) is 2.14. The Bertz CT molecular complexity index is 917. The van der Waals surface area contributed by atoms with E-state index in [1.165, 1.54) is 24.2 Å². The summed E-state index contributed by atoms with van der Waals surface area (Å²) in [5.74, 6) is 1.37. The Morgan fingerprint density at radius 2 is 1.85 bits per heavy atom. The average molecular weight is 378 g/mol. The summed E-state index contributed by atoms with van der Waals surface area (Å²) in [5, 5.41) is 0.868. The largest absolute Gasteiger partial charge is 0.497 e. The maximum absolute atomic E-state index is 13.4. The number of amides is 1. The Balaban J connectivity index is 1.65. The first-order chi connectivity index (χ1) is 13.2. The number of ether oxygens (including phenoxy) is 1. The van der Waals surface area contributed by atoms with E-state index >= 15 is 0 Å². The molecule has 2 aromatic carbocycles. The van der Waals surface area contributed by atoms with Gasteiger partial charge in [-0.25, -0.2) is 4.98 Å². The van der Waals surface area contributed by atoms with Crippen molar-refractivity contribution in [3.05, 3.63) is 65.7 Å². The topological polar surface area (TPSA) is 42.4 Å². The van der Waals surface area contributed by atoms with Crippen LogP contribution < -0.4 is 9.64 Å². The number of thiazole rings is 1. The summed E-state index contributed by atoms with van der Waals surface area (Å²) in [6, 6.07) is 17.8. The van der Waals surface area contributed by atoms with Crippen LogP contribution in [0.15, 0.2) is 60.8 Å². The minimum absolute atomic E-state index is 0.0132. The number of aromatic nitrogens is 1. The van der Waals surface area contributed by atoms with E-state index < -0.39 is 0 Å². The molecule has 1 aromatic heterocycles. The fourth-order valence-electron chi connectivity index (χ4n) is 3.28. The van der Waals surface area contributed by atoms with Gasteiger partial charge >= 0.3 is 0 Å². The number of hydrogen-bond donors (Lipinski definition) is 0. The van der Waals surface area contributed by atoms with Gasteiger partial charge in [0.15, 0.2) is 0 Å². The molecule has 0 N–H and O–H groups in total. The molecule has 1 aliphatic carbocycles. The lowest BCUT2D eigenvalue weighted by Gasteiger charge is -2.29. The number of nitrogens with zero attached hydrogens (tertiary/aromatic N) is 2. The molecular weight excluding hydrogens is 356 g/mol. The van der Waals surface area contributed by atoms with Gasteiger partial charge in [0.1, 0.15) is 15.6 Å². The predicted octanol–water partition coefficient (Wildman–Crippen LogP) is 5.26. The van der Waals surface area contributed by atoms with Crippen molar-refractivity contribution in [3.8, 4) is 16.3 Å². The van der Waals surface area contributed by atoms with Crippen LogP contribution >= 0.6 is 11.3 Å². The molecule has 27 heavy (non-hydrogen) atoms. The number of anilines is 1. The highest BCUT2D eigenvalue weighted by atomic mass is 32.1. The monoisotopic (exact) mass is 378 g/mol. The zero-order chi connectivity index (χ0) is 18.8. The molecule has 5 heteroatoms. The van der Waals surface area contributed by atoms with Crippen LogP contribution in [0.2, 0.25) is 0 Å². The van der Waals surface area contributed by atoms with Crippen LogP contribution in [0.4, 0.5) is 5.69 Å². The molecule has 1 heterocycles. The van der Waals surface area contributed by atoms with Crippen molar-refractivity contribution in [1.29, 1.82) is 0 Å². The fourth-order valence-corrected chi connectivity index (χ4v) is 4.13. The molecule has 4 rings (SSSR count). The Labute approximate surface area is 163 Å². The molecule has 1 atom stereocenters. The summed E-state index contributed by atoms with van der Waals surface area (Å²) in [6.07, 6.45) is 4.06. The summed E-state index contributed by atoms with van der Waals surface area (Å²) in [5.41, 5.74) is 1.93. The number of rotatable bonds is 6. The number of methoxy groups -OCH3 is 1. The van der Waals surface area contributed by atoms with E-state index in [0.29, 0.717) is 10.8 Å². The standard InChI is InChI=1S/C22H22N2O2S/c1-15(16-8-9-16)24(18-10-12-19(26-2)13-11-18)22(25)20-14-23-21(27-20)17-6-4-3-5-7-17/h3-7,10-16H,8-9H2,1-2H3. The van der Waals surface area contributed by atoms with Crippen LogP contribution in [-0.4, -0.2) is 24.0 Å². The van der Waals surface area contributed by atoms with Crippen LogP contribution in [0.25, 0.3) is 10.6 Å². The lowest BCUT2D eigenvalue weighted by Crippen LogP contribution is -2.39. The Kier molecular flexibility index (Phi) is 4.94. The Morgan fingerprint density at radius 3 is 2.48 bits per heavy atom. The molecule has 1 unspecified atom stereocenters. The summed E-state index contributed by atoms with van der Waals surface area (Å²) < 4.78 is 5.26. The van der Waals surface area contributed by atoms with Gasteiger partial charge in [0.25, 0.3) is 5.91 Å².